The molecule has 0 aromatic rings. The first-order valence-corrected chi connectivity index (χ1v) is 8.30. The lowest BCUT2D eigenvalue weighted by Crippen LogP contribution is -2.48. The molecule has 1 saturated heterocycles. The zero-order chi connectivity index (χ0) is 17.4. The van der Waals surface area contributed by atoms with Gasteiger partial charge in [0.1, 0.15) is 6.04 Å². The van der Waals surface area contributed by atoms with E-state index >= 15 is 0 Å². The number of carbonyl (C=O) groups excluding carboxylic acids is 3. The van der Waals surface area contributed by atoms with E-state index in [1.807, 2.05) is 6.92 Å². The molecule has 1 rings (SSSR count). The second-order valence-corrected chi connectivity index (χ2v) is 6.05. The Labute approximate surface area is 137 Å². The largest absolute Gasteiger partial charge is 0.464 e. The van der Waals surface area contributed by atoms with Gasteiger partial charge in [0.2, 0.25) is 5.91 Å². The van der Waals surface area contributed by atoms with Crippen LogP contribution in [-0.4, -0.2) is 49.2 Å². The Kier molecular flexibility index (Phi) is 8.02. The second-order valence-electron chi connectivity index (χ2n) is 6.05. The molecule has 1 aliphatic heterocycles. The zero-order valence-corrected chi connectivity index (χ0v) is 14.4. The maximum atomic E-state index is 12.2. The summed E-state index contributed by atoms with van der Waals surface area (Å²) in [5.74, 6) is -0.685. The van der Waals surface area contributed by atoms with Gasteiger partial charge in [-0.3, -0.25) is 9.59 Å². The maximum absolute atomic E-state index is 12.2. The van der Waals surface area contributed by atoms with Gasteiger partial charge in [0.25, 0.3) is 5.91 Å². The third kappa shape index (κ3) is 6.56. The number of esters is 1. The highest BCUT2D eigenvalue weighted by atomic mass is 16.6. The third-order valence-electron chi connectivity index (χ3n) is 3.50. The molecule has 3 atom stereocenters. The van der Waals surface area contributed by atoms with Crippen molar-refractivity contribution in [3.05, 3.63) is 0 Å². The van der Waals surface area contributed by atoms with Crippen LogP contribution in [0.1, 0.15) is 47.0 Å². The Morgan fingerprint density at radius 1 is 1.13 bits per heavy atom. The van der Waals surface area contributed by atoms with Crippen LogP contribution in [0, 0.1) is 5.92 Å². The Bertz CT molecular complexity index is 425. The number of carbonyl (C=O) groups is 3. The van der Waals surface area contributed by atoms with Crippen molar-refractivity contribution in [2.75, 3.05) is 13.2 Å². The molecule has 0 aromatic carbocycles. The van der Waals surface area contributed by atoms with Crippen LogP contribution >= 0.6 is 0 Å². The van der Waals surface area contributed by atoms with E-state index in [1.165, 1.54) is 0 Å². The Hall–Kier alpha value is -1.63. The van der Waals surface area contributed by atoms with Crippen molar-refractivity contribution in [1.82, 2.24) is 10.6 Å². The molecule has 0 spiro atoms. The van der Waals surface area contributed by atoms with Crippen LogP contribution in [0.3, 0.4) is 0 Å². The predicted molar refractivity (Wildman–Crippen MR) is 84.6 cm³/mol. The van der Waals surface area contributed by atoms with E-state index in [1.54, 1.807) is 6.92 Å². The average molecular weight is 328 g/mol. The molecule has 0 saturated carbocycles. The standard InChI is InChI=1S/C16H28N2O5/c1-5-7-11(14(19)17-9-8-10(3)4)18-15(20)12-13(23-12)16(21)22-6-2/h10-13H,5-9H2,1-4H3,(H,17,19)(H,18,20). The predicted octanol–water partition coefficient (Wildman–Crippen LogP) is 0.764. The lowest BCUT2D eigenvalue weighted by Gasteiger charge is -2.17. The summed E-state index contributed by atoms with van der Waals surface area (Å²) in [5.41, 5.74) is 0. The van der Waals surface area contributed by atoms with Crippen LogP contribution in [0.15, 0.2) is 0 Å². The molecule has 2 amide bonds. The van der Waals surface area contributed by atoms with Gasteiger partial charge in [-0.25, -0.2) is 4.79 Å². The van der Waals surface area contributed by atoms with Crippen molar-refractivity contribution in [1.29, 1.82) is 0 Å². The Morgan fingerprint density at radius 3 is 2.39 bits per heavy atom. The number of hydrogen-bond acceptors (Lipinski definition) is 5. The summed E-state index contributed by atoms with van der Waals surface area (Å²) in [6.45, 7) is 8.61. The van der Waals surface area contributed by atoms with Crippen LogP contribution < -0.4 is 10.6 Å². The average Bonchev–Trinajstić information content (AvgIpc) is 3.27. The zero-order valence-electron chi connectivity index (χ0n) is 14.4. The fraction of sp³-hybridized carbons (Fsp3) is 0.812. The van der Waals surface area contributed by atoms with Crippen molar-refractivity contribution >= 4 is 17.8 Å². The van der Waals surface area contributed by atoms with E-state index in [0.717, 1.165) is 12.8 Å². The monoisotopic (exact) mass is 328 g/mol. The van der Waals surface area contributed by atoms with Gasteiger partial charge in [-0.2, -0.15) is 0 Å². The number of ether oxygens (including phenoxy) is 2. The lowest BCUT2D eigenvalue weighted by atomic mass is 10.1. The Morgan fingerprint density at radius 2 is 1.83 bits per heavy atom. The molecule has 23 heavy (non-hydrogen) atoms. The van der Waals surface area contributed by atoms with Crippen molar-refractivity contribution < 1.29 is 23.9 Å². The third-order valence-corrected chi connectivity index (χ3v) is 3.50. The Balaban J connectivity index is 2.44. The first-order valence-electron chi connectivity index (χ1n) is 8.30. The second kappa shape index (κ2) is 9.50. The number of nitrogens with one attached hydrogen (secondary N) is 2. The molecule has 0 bridgehead atoms. The van der Waals surface area contributed by atoms with Gasteiger partial charge in [0.15, 0.2) is 12.2 Å². The number of amides is 2. The summed E-state index contributed by atoms with van der Waals surface area (Å²) in [5, 5.41) is 5.49. The molecule has 132 valence electrons. The number of hydrogen-bond donors (Lipinski definition) is 2. The highest BCUT2D eigenvalue weighted by Crippen LogP contribution is 2.23. The maximum Gasteiger partial charge on any atom is 0.338 e. The molecular formula is C16H28N2O5. The normalized spacial score (nSPS) is 20.7. The molecule has 0 aliphatic carbocycles. The van der Waals surface area contributed by atoms with Gasteiger partial charge in [0.05, 0.1) is 6.61 Å². The molecule has 7 heteroatoms. The fourth-order valence-corrected chi connectivity index (χ4v) is 2.13. The smallest absolute Gasteiger partial charge is 0.338 e. The van der Waals surface area contributed by atoms with Crippen molar-refractivity contribution in [2.24, 2.45) is 5.92 Å². The highest BCUT2D eigenvalue weighted by Gasteiger charge is 2.52. The van der Waals surface area contributed by atoms with Gasteiger partial charge in [-0.15, -0.1) is 0 Å². The summed E-state index contributed by atoms with van der Waals surface area (Å²) < 4.78 is 9.84. The van der Waals surface area contributed by atoms with Crippen molar-refractivity contribution in [3.63, 3.8) is 0 Å². The molecule has 3 unspecified atom stereocenters. The fourth-order valence-electron chi connectivity index (χ4n) is 2.13. The summed E-state index contributed by atoms with van der Waals surface area (Å²) in [7, 11) is 0. The summed E-state index contributed by atoms with van der Waals surface area (Å²) in [6, 6.07) is -0.605. The van der Waals surface area contributed by atoms with Crippen LogP contribution in [0.25, 0.3) is 0 Å². The quantitative estimate of drug-likeness (QED) is 0.456. The number of rotatable bonds is 10. The van der Waals surface area contributed by atoms with E-state index < -0.39 is 30.1 Å². The highest BCUT2D eigenvalue weighted by molar-refractivity contribution is 5.95. The first kappa shape index (κ1) is 19.4. The molecule has 1 aliphatic rings. The molecular weight excluding hydrogens is 300 g/mol. The first-order chi connectivity index (χ1) is 10.9. The van der Waals surface area contributed by atoms with Crippen LogP contribution in [0.4, 0.5) is 0 Å². The van der Waals surface area contributed by atoms with Gasteiger partial charge in [-0.05, 0) is 25.7 Å². The van der Waals surface area contributed by atoms with Crippen LogP contribution in [-0.2, 0) is 23.9 Å². The SMILES string of the molecule is CCCC(NC(=O)C1OC1C(=O)OCC)C(=O)NCCC(C)C. The van der Waals surface area contributed by atoms with E-state index in [-0.39, 0.29) is 12.5 Å². The molecule has 7 nitrogen and oxygen atoms in total. The minimum atomic E-state index is -0.850. The van der Waals surface area contributed by atoms with Crippen molar-refractivity contribution in [2.45, 2.75) is 65.2 Å². The minimum Gasteiger partial charge on any atom is -0.464 e. The summed E-state index contributed by atoms with van der Waals surface area (Å²) in [6.07, 6.45) is 0.485. The summed E-state index contributed by atoms with van der Waals surface area (Å²) >= 11 is 0. The number of epoxide rings is 1. The van der Waals surface area contributed by atoms with E-state index in [2.05, 4.69) is 24.5 Å². The van der Waals surface area contributed by atoms with Crippen molar-refractivity contribution in [3.8, 4) is 0 Å². The van der Waals surface area contributed by atoms with Gasteiger partial charge in [-0.1, -0.05) is 27.2 Å². The lowest BCUT2D eigenvalue weighted by molar-refractivity contribution is -0.144. The molecule has 0 aromatic heterocycles. The van der Waals surface area contributed by atoms with Crippen LogP contribution in [0.2, 0.25) is 0 Å². The summed E-state index contributed by atoms with van der Waals surface area (Å²) in [4.78, 5) is 35.7. The van der Waals surface area contributed by atoms with E-state index in [4.69, 9.17) is 9.47 Å². The topological polar surface area (TPSA) is 97.0 Å². The van der Waals surface area contributed by atoms with Gasteiger partial charge in [0, 0.05) is 6.54 Å². The van der Waals surface area contributed by atoms with Gasteiger partial charge < -0.3 is 20.1 Å². The minimum absolute atomic E-state index is 0.200. The molecule has 1 heterocycles. The molecule has 0 radical (unpaired) electrons. The van der Waals surface area contributed by atoms with E-state index in [0.29, 0.717) is 18.9 Å². The van der Waals surface area contributed by atoms with Crippen LogP contribution in [0.5, 0.6) is 0 Å². The molecule has 2 N–H and O–H groups in total. The van der Waals surface area contributed by atoms with Gasteiger partial charge >= 0.3 is 5.97 Å². The molecule has 1 fully saturated rings. The van der Waals surface area contributed by atoms with E-state index in [9.17, 15) is 14.4 Å².